The van der Waals surface area contributed by atoms with Crippen LogP contribution < -0.4 is 5.43 Å². The fraction of sp³-hybridized carbons (Fsp3) is 0.111. The Bertz CT molecular complexity index is 415. The van der Waals surface area contributed by atoms with Gasteiger partial charge >= 0.3 is 0 Å². The van der Waals surface area contributed by atoms with Crippen LogP contribution in [0.3, 0.4) is 0 Å². The molecule has 0 saturated carbocycles. The highest BCUT2D eigenvalue weighted by atomic mass is 35.5. The van der Waals surface area contributed by atoms with Gasteiger partial charge in [0.05, 0.1) is 11.9 Å². The molecule has 1 aliphatic heterocycles. The third-order valence-electron chi connectivity index (χ3n) is 1.99. The molecule has 14 heavy (non-hydrogen) atoms. The van der Waals surface area contributed by atoms with E-state index in [1.54, 1.807) is 18.2 Å². The molecule has 1 heterocycles. The minimum Gasteiger partial charge on any atom is -0.301 e. The standard InChI is InChI=1S/C9H7Cl2N3/c10-5-1-2-6(7(11)3-5)9-8(12)4-13-14-9/h1-4,9,12,14H/t9-/m1/s1. The summed E-state index contributed by atoms with van der Waals surface area (Å²) < 4.78 is 0. The summed E-state index contributed by atoms with van der Waals surface area (Å²) in [5, 5.41) is 12.5. The van der Waals surface area contributed by atoms with Crippen LogP contribution in [-0.4, -0.2) is 11.9 Å². The molecule has 0 radical (unpaired) electrons. The predicted octanol–water partition coefficient (Wildman–Crippen LogP) is 2.64. The third-order valence-corrected chi connectivity index (χ3v) is 2.55. The van der Waals surface area contributed by atoms with Gasteiger partial charge < -0.3 is 5.41 Å². The van der Waals surface area contributed by atoms with Crippen molar-refractivity contribution in [2.45, 2.75) is 6.04 Å². The van der Waals surface area contributed by atoms with Gasteiger partial charge in [-0.2, -0.15) is 5.10 Å². The molecule has 1 aromatic carbocycles. The summed E-state index contributed by atoms with van der Waals surface area (Å²) in [4.78, 5) is 0. The molecule has 1 aromatic rings. The van der Waals surface area contributed by atoms with Crippen LogP contribution in [0, 0.1) is 5.41 Å². The van der Waals surface area contributed by atoms with Crippen LogP contribution >= 0.6 is 23.2 Å². The van der Waals surface area contributed by atoms with Crippen molar-refractivity contribution in [3.8, 4) is 0 Å². The molecule has 0 aromatic heterocycles. The van der Waals surface area contributed by atoms with Crippen molar-refractivity contribution in [1.29, 1.82) is 5.41 Å². The van der Waals surface area contributed by atoms with Gasteiger partial charge in [0.25, 0.3) is 0 Å². The summed E-state index contributed by atoms with van der Waals surface area (Å²) >= 11 is 11.8. The van der Waals surface area contributed by atoms with Crippen molar-refractivity contribution in [2.24, 2.45) is 5.10 Å². The second-order valence-electron chi connectivity index (χ2n) is 2.94. The van der Waals surface area contributed by atoms with Crippen molar-refractivity contribution in [3.63, 3.8) is 0 Å². The lowest BCUT2D eigenvalue weighted by molar-refractivity contribution is 0.715. The molecule has 0 unspecified atom stereocenters. The SMILES string of the molecule is N=C1C=NN[C@@H]1c1ccc(Cl)cc1Cl. The van der Waals surface area contributed by atoms with Crippen LogP contribution in [0.15, 0.2) is 23.3 Å². The van der Waals surface area contributed by atoms with Gasteiger partial charge in [-0.3, -0.25) is 5.43 Å². The number of halogens is 2. The van der Waals surface area contributed by atoms with Gasteiger partial charge in [-0.1, -0.05) is 29.3 Å². The van der Waals surface area contributed by atoms with E-state index in [0.717, 1.165) is 5.56 Å². The van der Waals surface area contributed by atoms with E-state index >= 15 is 0 Å². The van der Waals surface area contributed by atoms with Gasteiger partial charge in [-0.25, -0.2) is 0 Å². The molecule has 0 amide bonds. The van der Waals surface area contributed by atoms with E-state index in [1.807, 2.05) is 0 Å². The van der Waals surface area contributed by atoms with Gasteiger partial charge in [0.1, 0.15) is 6.04 Å². The average molecular weight is 228 g/mol. The summed E-state index contributed by atoms with van der Waals surface area (Å²) in [7, 11) is 0. The molecule has 72 valence electrons. The number of hydrogen-bond acceptors (Lipinski definition) is 3. The Kier molecular flexibility index (Phi) is 2.44. The van der Waals surface area contributed by atoms with Gasteiger partial charge in [0.2, 0.25) is 0 Å². The zero-order valence-corrected chi connectivity index (χ0v) is 8.60. The average Bonchev–Trinajstić information content (AvgIpc) is 2.52. The Morgan fingerprint density at radius 3 is 2.71 bits per heavy atom. The lowest BCUT2D eigenvalue weighted by atomic mass is 10.0. The van der Waals surface area contributed by atoms with Crippen LogP contribution in [-0.2, 0) is 0 Å². The Balaban J connectivity index is 2.37. The highest BCUT2D eigenvalue weighted by Gasteiger charge is 2.21. The van der Waals surface area contributed by atoms with E-state index in [1.165, 1.54) is 6.21 Å². The van der Waals surface area contributed by atoms with Crippen LogP contribution in [0.1, 0.15) is 11.6 Å². The van der Waals surface area contributed by atoms with E-state index in [2.05, 4.69) is 10.5 Å². The predicted molar refractivity (Wildman–Crippen MR) is 58.6 cm³/mol. The Morgan fingerprint density at radius 2 is 2.14 bits per heavy atom. The van der Waals surface area contributed by atoms with Crippen LogP contribution in [0.25, 0.3) is 0 Å². The number of benzene rings is 1. The van der Waals surface area contributed by atoms with Gasteiger partial charge in [-0.05, 0) is 12.1 Å². The van der Waals surface area contributed by atoms with Gasteiger partial charge in [0, 0.05) is 15.6 Å². The molecule has 3 nitrogen and oxygen atoms in total. The van der Waals surface area contributed by atoms with Crippen molar-refractivity contribution < 1.29 is 0 Å². The van der Waals surface area contributed by atoms with Crippen molar-refractivity contribution >= 4 is 35.1 Å². The van der Waals surface area contributed by atoms with Crippen LogP contribution in [0.2, 0.25) is 10.0 Å². The second-order valence-corrected chi connectivity index (χ2v) is 3.79. The lowest BCUT2D eigenvalue weighted by Crippen LogP contribution is -2.17. The zero-order chi connectivity index (χ0) is 10.1. The van der Waals surface area contributed by atoms with Crippen molar-refractivity contribution in [1.82, 2.24) is 5.43 Å². The molecule has 1 aliphatic rings. The number of hydrogen-bond donors (Lipinski definition) is 2. The third kappa shape index (κ3) is 1.61. The maximum absolute atomic E-state index is 7.59. The van der Waals surface area contributed by atoms with Crippen molar-refractivity contribution in [3.05, 3.63) is 33.8 Å². The minimum atomic E-state index is -0.250. The fourth-order valence-corrected chi connectivity index (χ4v) is 1.82. The monoisotopic (exact) mass is 227 g/mol. The molecule has 0 spiro atoms. The van der Waals surface area contributed by atoms with Gasteiger partial charge in [0.15, 0.2) is 0 Å². The smallest absolute Gasteiger partial charge is 0.113 e. The highest BCUT2D eigenvalue weighted by molar-refractivity contribution is 6.37. The molecule has 2 rings (SSSR count). The molecule has 0 saturated heterocycles. The maximum Gasteiger partial charge on any atom is 0.113 e. The normalized spacial score (nSPS) is 19.9. The lowest BCUT2D eigenvalue weighted by Gasteiger charge is -2.12. The molecule has 0 aliphatic carbocycles. The van der Waals surface area contributed by atoms with E-state index in [0.29, 0.717) is 15.8 Å². The summed E-state index contributed by atoms with van der Waals surface area (Å²) in [6.07, 6.45) is 1.47. The van der Waals surface area contributed by atoms with E-state index in [9.17, 15) is 0 Å². The van der Waals surface area contributed by atoms with E-state index < -0.39 is 0 Å². The quantitative estimate of drug-likeness (QED) is 0.762. The number of hydrazone groups is 1. The first-order valence-electron chi connectivity index (χ1n) is 4.00. The van der Waals surface area contributed by atoms with E-state index in [-0.39, 0.29) is 6.04 Å². The van der Waals surface area contributed by atoms with Gasteiger partial charge in [-0.15, -0.1) is 0 Å². The number of rotatable bonds is 1. The highest BCUT2D eigenvalue weighted by Crippen LogP contribution is 2.27. The summed E-state index contributed by atoms with van der Waals surface area (Å²) in [6.45, 7) is 0. The first-order chi connectivity index (χ1) is 6.68. The minimum absolute atomic E-state index is 0.250. The Hall–Kier alpha value is -1.06. The fourth-order valence-electron chi connectivity index (χ4n) is 1.30. The molecule has 0 fully saturated rings. The second kappa shape index (κ2) is 3.59. The van der Waals surface area contributed by atoms with Crippen LogP contribution in [0.5, 0.6) is 0 Å². The first kappa shape index (κ1) is 9.49. The molecule has 0 bridgehead atoms. The summed E-state index contributed by atoms with van der Waals surface area (Å²) in [5.41, 5.74) is 4.02. The molecular weight excluding hydrogens is 221 g/mol. The molecule has 1 atom stereocenters. The Labute approximate surface area is 91.2 Å². The molecular formula is C9H7Cl2N3. The number of nitrogens with zero attached hydrogens (tertiary/aromatic N) is 1. The summed E-state index contributed by atoms with van der Waals surface area (Å²) in [5.74, 6) is 0. The molecule has 5 heteroatoms. The molecule has 2 N–H and O–H groups in total. The maximum atomic E-state index is 7.59. The van der Waals surface area contributed by atoms with Crippen molar-refractivity contribution in [2.75, 3.05) is 0 Å². The number of nitrogens with one attached hydrogen (secondary N) is 2. The largest absolute Gasteiger partial charge is 0.301 e. The first-order valence-corrected chi connectivity index (χ1v) is 4.76. The summed E-state index contributed by atoms with van der Waals surface area (Å²) in [6, 6.07) is 4.95. The Morgan fingerprint density at radius 1 is 1.36 bits per heavy atom. The topological polar surface area (TPSA) is 48.2 Å². The van der Waals surface area contributed by atoms with E-state index in [4.69, 9.17) is 28.6 Å². The zero-order valence-electron chi connectivity index (χ0n) is 7.09. The van der Waals surface area contributed by atoms with Crippen LogP contribution in [0.4, 0.5) is 0 Å².